The van der Waals surface area contributed by atoms with Gasteiger partial charge >= 0.3 is 0 Å². The highest BCUT2D eigenvalue weighted by Gasteiger charge is 2.21. The summed E-state index contributed by atoms with van der Waals surface area (Å²) in [7, 11) is 0. The zero-order valence-electron chi connectivity index (χ0n) is 14.3. The molecule has 0 spiro atoms. The van der Waals surface area contributed by atoms with Crippen molar-refractivity contribution in [3.8, 4) is 0 Å². The molecular weight excluding hydrogens is 286 g/mol. The van der Waals surface area contributed by atoms with E-state index in [1.54, 1.807) is 0 Å². The molecule has 2 aliphatic rings. The lowest BCUT2D eigenvalue weighted by atomic mass is 10.1. The first-order chi connectivity index (χ1) is 11.2. The topological polar surface area (TPSA) is 35.6 Å². The van der Waals surface area contributed by atoms with Gasteiger partial charge in [0.2, 0.25) is 5.91 Å². The highest BCUT2D eigenvalue weighted by atomic mass is 16.2. The van der Waals surface area contributed by atoms with E-state index in [0.717, 1.165) is 45.6 Å². The molecule has 1 aliphatic carbocycles. The molecule has 0 aromatic heterocycles. The molecule has 4 nitrogen and oxygen atoms in total. The van der Waals surface area contributed by atoms with Gasteiger partial charge in [-0.3, -0.25) is 14.6 Å². The molecule has 1 N–H and O–H groups in total. The van der Waals surface area contributed by atoms with Gasteiger partial charge in [0, 0.05) is 38.8 Å². The van der Waals surface area contributed by atoms with Crippen LogP contribution in [0.5, 0.6) is 0 Å². The molecule has 3 rings (SSSR count). The Labute approximate surface area is 139 Å². The molecule has 23 heavy (non-hydrogen) atoms. The first-order valence-corrected chi connectivity index (χ1v) is 8.99. The lowest BCUT2D eigenvalue weighted by Gasteiger charge is -2.34. The van der Waals surface area contributed by atoms with E-state index in [2.05, 4.69) is 46.3 Å². The van der Waals surface area contributed by atoms with Crippen molar-refractivity contribution in [2.45, 2.75) is 45.2 Å². The van der Waals surface area contributed by atoms with Gasteiger partial charge in [0.1, 0.15) is 0 Å². The average Bonchev–Trinajstić information content (AvgIpc) is 3.04. The van der Waals surface area contributed by atoms with Crippen LogP contribution in [0.15, 0.2) is 24.3 Å². The van der Waals surface area contributed by atoms with Crippen LogP contribution in [0.4, 0.5) is 0 Å². The molecule has 2 fully saturated rings. The molecule has 0 radical (unpaired) electrons. The van der Waals surface area contributed by atoms with Gasteiger partial charge in [-0.15, -0.1) is 0 Å². The van der Waals surface area contributed by atoms with E-state index in [0.29, 0.717) is 12.6 Å². The number of nitrogens with zero attached hydrogens (tertiary/aromatic N) is 2. The molecule has 1 saturated heterocycles. The minimum absolute atomic E-state index is 0.212. The molecule has 1 aromatic rings. The lowest BCUT2D eigenvalue weighted by Crippen LogP contribution is -2.50. The standard InChI is InChI=1S/C19H29N3O/c1-16-6-8-17(9-7-16)14-21-10-12-22(13-11-21)15-19(23)20-18-4-2-3-5-18/h6-9,18H,2-5,10-15H2,1H3,(H,20,23). The predicted molar refractivity (Wildman–Crippen MR) is 93.3 cm³/mol. The molecular formula is C19H29N3O. The SMILES string of the molecule is Cc1ccc(CN2CCN(CC(=O)NC3CCCC3)CC2)cc1. The third-order valence-corrected chi connectivity index (χ3v) is 5.08. The zero-order valence-corrected chi connectivity index (χ0v) is 14.3. The summed E-state index contributed by atoms with van der Waals surface area (Å²) in [6.07, 6.45) is 4.86. The zero-order chi connectivity index (χ0) is 16.1. The Morgan fingerprint density at radius 2 is 1.65 bits per heavy atom. The molecule has 1 amide bonds. The van der Waals surface area contributed by atoms with E-state index in [1.807, 2.05) is 0 Å². The van der Waals surface area contributed by atoms with E-state index in [9.17, 15) is 4.79 Å². The van der Waals surface area contributed by atoms with Crippen molar-refractivity contribution >= 4 is 5.91 Å². The molecule has 1 saturated carbocycles. The van der Waals surface area contributed by atoms with Crippen molar-refractivity contribution in [3.05, 3.63) is 35.4 Å². The van der Waals surface area contributed by atoms with E-state index in [4.69, 9.17) is 0 Å². The highest BCUT2D eigenvalue weighted by molar-refractivity contribution is 5.78. The van der Waals surface area contributed by atoms with Crippen LogP contribution < -0.4 is 5.32 Å². The number of nitrogens with one attached hydrogen (secondary N) is 1. The summed E-state index contributed by atoms with van der Waals surface area (Å²) in [6, 6.07) is 9.23. The number of rotatable bonds is 5. The lowest BCUT2D eigenvalue weighted by molar-refractivity contribution is -0.123. The number of amides is 1. The summed E-state index contributed by atoms with van der Waals surface area (Å²) in [4.78, 5) is 16.9. The summed E-state index contributed by atoms with van der Waals surface area (Å²) in [5.41, 5.74) is 2.69. The van der Waals surface area contributed by atoms with Crippen molar-refractivity contribution in [1.82, 2.24) is 15.1 Å². The first kappa shape index (κ1) is 16.5. The smallest absolute Gasteiger partial charge is 0.234 e. The normalized spacial score (nSPS) is 20.7. The number of carbonyl (C=O) groups excluding carboxylic acids is 1. The molecule has 4 heteroatoms. The van der Waals surface area contributed by atoms with Crippen molar-refractivity contribution in [3.63, 3.8) is 0 Å². The Bertz CT molecular complexity index is 500. The molecule has 1 aromatic carbocycles. The maximum Gasteiger partial charge on any atom is 0.234 e. The highest BCUT2D eigenvalue weighted by Crippen LogP contribution is 2.17. The van der Waals surface area contributed by atoms with Crippen molar-refractivity contribution in [2.24, 2.45) is 0 Å². The third-order valence-electron chi connectivity index (χ3n) is 5.08. The number of aryl methyl sites for hydroxylation is 1. The van der Waals surface area contributed by atoms with Gasteiger partial charge in [0.15, 0.2) is 0 Å². The van der Waals surface area contributed by atoms with Crippen molar-refractivity contribution in [1.29, 1.82) is 0 Å². The number of benzene rings is 1. The van der Waals surface area contributed by atoms with Gasteiger partial charge in [-0.05, 0) is 25.3 Å². The van der Waals surface area contributed by atoms with Crippen LogP contribution in [0.1, 0.15) is 36.8 Å². The van der Waals surface area contributed by atoms with Crippen LogP contribution in [0.25, 0.3) is 0 Å². The van der Waals surface area contributed by atoms with Crippen LogP contribution in [0.2, 0.25) is 0 Å². The number of carbonyl (C=O) groups is 1. The van der Waals surface area contributed by atoms with Crippen LogP contribution in [0.3, 0.4) is 0 Å². The van der Waals surface area contributed by atoms with E-state index >= 15 is 0 Å². The number of piperazine rings is 1. The van der Waals surface area contributed by atoms with Crippen LogP contribution in [-0.2, 0) is 11.3 Å². The summed E-state index contributed by atoms with van der Waals surface area (Å²) in [6.45, 7) is 7.78. The molecule has 1 heterocycles. The van der Waals surface area contributed by atoms with Gasteiger partial charge < -0.3 is 5.32 Å². The Balaban J connectivity index is 1.37. The predicted octanol–water partition coefficient (Wildman–Crippen LogP) is 2.17. The fourth-order valence-electron chi connectivity index (χ4n) is 3.60. The van der Waals surface area contributed by atoms with E-state index < -0.39 is 0 Å². The molecule has 126 valence electrons. The Morgan fingerprint density at radius 3 is 2.30 bits per heavy atom. The van der Waals surface area contributed by atoms with E-state index in [-0.39, 0.29) is 5.91 Å². The van der Waals surface area contributed by atoms with Crippen LogP contribution in [0, 0.1) is 6.92 Å². The second kappa shape index (κ2) is 7.93. The second-order valence-corrected chi connectivity index (χ2v) is 7.09. The van der Waals surface area contributed by atoms with Crippen molar-refractivity contribution < 1.29 is 4.79 Å². The monoisotopic (exact) mass is 315 g/mol. The summed E-state index contributed by atoms with van der Waals surface area (Å²) < 4.78 is 0. The largest absolute Gasteiger partial charge is 0.352 e. The molecule has 1 aliphatic heterocycles. The fraction of sp³-hybridized carbons (Fsp3) is 0.632. The quantitative estimate of drug-likeness (QED) is 0.904. The van der Waals surface area contributed by atoms with E-state index in [1.165, 1.54) is 24.0 Å². The fourth-order valence-corrected chi connectivity index (χ4v) is 3.60. The van der Waals surface area contributed by atoms with Gasteiger partial charge in [0.25, 0.3) is 0 Å². The van der Waals surface area contributed by atoms with Crippen LogP contribution >= 0.6 is 0 Å². The molecule has 0 atom stereocenters. The Hall–Kier alpha value is -1.39. The molecule has 0 bridgehead atoms. The Morgan fingerprint density at radius 1 is 1.04 bits per heavy atom. The van der Waals surface area contributed by atoms with Gasteiger partial charge in [0.05, 0.1) is 6.54 Å². The minimum Gasteiger partial charge on any atom is -0.352 e. The minimum atomic E-state index is 0.212. The van der Waals surface area contributed by atoms with Crippen LogP contribution in [-0.4, -0.2) is 54.5 Å². The third kappa shape index (κ3) is 5.05. The number of hydrogen-bond acceptors (Lipinski definition) is 3. The average molecular weight is 315 g/mol. The summed E-state index contributed by atoms with van der Waals surface area (Å²) in [5.74, 6) is 0.212. The Kier molecular flexibility index (Phi) is 5.68. The second-order valence-electron chi connectivity index (χ2n) is 7.09. The maximum absolute atomic E-state index is 12.1. The molecule has 0 unspecified atom stereocenters. The summed E-state index contributed by atoms with van der Waals surface area (Å²) >= 11 is 0. The van der Waals surface area contributed by atoms with Gasteiger partial charge in [-0.2, -0.15) is 0 Å². The van der Waals surface area contributed by atoms with Gasteiger partial charge in [-0.1, -0.05) is 42.7 Å². The van der Waals surface area contributed by atoms with Crippen molar-refractivity contribution in [2.75, 3.05) is 32.7 Å². The van der Waals surface area contributed by atoms with Gasteiger partial charge in [-0.25, -0.2) is 0 Å². The first-order valence-electron chi connectivity index (χ1n) is 8.99. The summed E-state index contributed by atoms with van der Waals surface area (Å²) in [5, 5.41) is 3.19. The number of hydrogen-bond donors (Lipinski definition) is 1. The maximum atomic E-state index is 12.1.